The number of carbonyl (C=O) groups is 10. The molecule has 3 rings (SSSR count). The second-order valence-electron chi connectivity index (χ2n) is 25.8. The van der Waals surface area contributed by atoms with Gasteiger partial charge in [-0.25, -0.2) is 24.0 Å². The zero-order valence-corrected chi connectivity index (χ0v) is 53.3. The molecule has 0 aromatic carbocycles. The Morgan fingerprint density at radius 2 is 0.989 bits per heavy atom. The van der Waals surface area contributed by atoms with Gasteiger partial charge < -0.3 is 93.5 Å². The summed E-state index contributed by atoms with van der Waals surface area (Å²) < 4.78 is 76.5. The van der Waals surface area contributed by atoms with Crippen LogP contribution in [0.5, 0.6) is 0 Å². The minimum Gasteiger partial charge on any atom is -0.463 e. The summed E-state index contributed by atoms with van der Waals surface area (Å²) in [5, 5.41) is 20.1. The van der Waals surface area contributed by atoms with Gasteiger partial charge in [-0.15, -0.1) is 0 Å². The second-order valence-corrected chi connectivity index (χ2v) is 25.8. The third-order valence-electron chi connectivity index (χ3n) is 11.9. The van der Waals surface area contributed by atoms with Crippen molar-refractivity contribution < 1.29 is 110 Å². The van der Waals surface area contributed by atoms with Gasteiger partial charge in [0.15, 0.2) is 30.9 Å². The third kappa shape index (κ3) is 27.6. The van der Waals surface area contributed by atoms with Crippen molar-refractivity contribution >= 4 is 60.3 Å². The third-order valence-corrected chi connectivity index (χ3v) is 11.9. The van der Waals surface area contributed by atoms with Crippen LogP contribution in [-0.2, 0) is 85.6 Å². The predicted octanol–water partition coefficient (Wildman–Crippen LogP) is 5.03. The Kier molecular flexibility index (Phi) is 27.0. The number of amides is 6. The van der Waals surface area contributed by atoms with E-state index in [1.165, 1.54) is 0 Å². The van der Waals surface area contributed by atoms with Crippen LogP contribution in [0.4, 0.5) is 24.0 Å². The fourth-order valence-electron chi connectivity index (χ4n) is 9.01. The Morgan fingerprint density at radius 3 is 1.47 bits per heavy atom. The molecule has 1 saturated carbocycles. The molecule has 1 aliphatic carbocycles. The molecule has 32 nitrogen and oxygen atoms in total. The number of hydrogen-bond donors (Lipinski definition) is 6. The fourth-order valence-corrected chi connectivity index (χ4v) is 9.01. The largest absolute Gasteiger partial charge is 0.463 e. The summed E-state index contributed by atoms with van der Waals surface area (Å²) in [5.41, 5.74) is 5.54. The lowest BCUT2D eigenvalue weighted by Gasteiger charge is -2.50. The van der Waals surface area contributed by atoms with E-state index < -0.39 is 187 Å². The van der Waals surface area contributed by atoms with Crippen LogP contribution in [0.3, 0.4) is 0 Å². The van der Waals surface area contributed by atoms with E-state index in [9.17, 15) is 53.5 Å². The highest BCUT2D eigenvalue weighted by molar-refractivity contribution is 5.84. The highest BCUT2D eigenvalue weighted by Gasteiger charge is 2.56. The van der Waals surface area contributed by atoms with Crippen LogP contribution in [-0.4, -0.2) is 193 Å². The van der Waals surface area contributed by atoms with Crippen molar-refractivity contribution in [1.29, 1.82) is 0 Å². The van der Waals surface area contributed by atoms with E-state index in [1.54, 1.807) is 104 Å². The minimum absolute atomic E-state index is 0.0891. The molecule has 2 heterocycles. The number of nitrogens with zero attached hydrogens (tertiary/aromatic N) is 3. The average Bonchev–Trinajstić information content (AvgIpc) is 0.889. The normalized spacial score (nSPS) is 26.2. The molecular formula is C55H91N9O23. The Balaban J connectivity index is 2.44. The lowest BCUT2D eigenvalue weighted by atomic mass is 9.81. The standard InChI is InChI=1S/C55H91N9O23/c1-27(65)75-26-36-41(77-29(3)67)37(62-50(74)87-55(17,18)19)42(78-30(4)68)45(80-36)82-39-33(59-43(69)35(76-28(2)66)22-23-57-46(70)83-51(5,6)7)24-34(61-49(73)86-54(14,15)16)40(38(39)63-64-56)81-44-32(60-48(72)85-53(11,12)13)21-20-31(79-44)25-58-47(71)84-52(8,9)10/h31-42,44-45H,20-26H2,1-19H3,(H,57,70)(H,58,71)(H,59,69)(H,60,72)(H,61,73)(H,62,74)/t31?,32?,33-,34+,35+,36?,37+,38?,39+,40?,41-,42?,44-,45-/m1/s1. The zero-order chi connectivity index (χ0) is 66.2. The molecule has 32 heteroatoms. The second kappa shape index (κ2) is 31.7. The maximum Gasteiger partial charge on any atom is 0.408 e. The highest BCUT2D eigenvalue weighted by atomic mass is 16.7. The van der Waals surface area contributed by atoms with Crippen molar-refractivity contribution in [2.45, 2.75) is 271 Å². The number of azide groups is 1. The highest BCUT2D eigenvalue weighted by Crippen LogP contribution is 2.37. The van der Waals surface area contributed by atoms with Crippen molar-refractivity contribution in [3.05, 3.63) is 10.4 Å². The van der Waals surface area contributed by atoms with E-state index >= 15 is 0 Å². The van der Waals surface area contributed by atoms with Gasteiger partial charge in [0, 0.05) is 52.1 Å². The maximum atomic E-state index is 14.8. The van der Waals surface area contributed by atoms with Gasteiger partial charge in [0.05, 0.1) is 42.5 Å². The molecule has 14 atom stereocenters. The molecule has 0 bridgehead atoms. The van der Waals surface area contributed by atoms with E-state index in [2.05, 4.69) is 41.9 Å². The van der Waals surface area contributed by atoms with Crippen LogP contribution < -0.4 is 31.9 Å². The number of hydrogen-bond acceptors (Lipinski definition) is 24. The SMILES string of the molecule is CC(=O)OCC1O[C@H](O[C@@H]2C(N=[N+]=[N-])C(O[C@H]3OC(CNC(=O)OC(C)(C)C)CCC3NC(=O)OC(C)(C)C)[C@@H](NC(=O)OC(C)(C)C)C[C@H]2NC(=O)[C@H](CCNC(=O)OC(C)(C)C)OC(C)=O)C(OC(C)=O)[C@@H](NC(=O)OC(C)(C)C)[C@@H]1OC(C)=O. The number of rotatable bonds is 20. The molecule has 3 fully saturated rings. The summed E-state index contributed by atoms with van der Waals surface area (Å²) in [4.78, 5) is 136. The van der Waals surface area contributed by atoms with E-state index in [0.717, 1.165) is 27.7 Å². The number of esters is 4. The molecule has 2 saturated heterocycles. The summed E-state index contributed by atoms with van der Waals surface area (Å²) in [5.74, 6) is -4.77. The zero-order valence-electron chi connectivity index (χ0n) is 53.3. The number of nitrogens with one attached hydrogen (secondary N) is 6. The topological polar surface area (TPSA) is 412 Å². The first-order valence-electron chi connectivity index (χ1n) is 28.4. The minimum atomic E-state index is -2.03. The van der Waals surface area contributed by atoms with Gasteiger partial charge in [0.1, 0.15) is 46.8 Å². The van der Waals surface area contributed by atoms with E-state index in [1.807, 2.05) is 0 Å². The first-order chi connectivity index (χ1) is 39.9. The Bertz CT molecular complexity index is 2460. The summed E-state index contributed by atoms with van der Waals surface area (Å²) in [6, 6.07) is -7.66. The first-order valence-corrected chi connectivity index (χ1v) is 28.4. The Labute approximate surface area is 506 Å². The number of ether oxygens (including phenoxy) is 13. The molecule has 6 amide bonds. The van der Waals surface area contributed by atoms with Crippen LogP contribution in [0, 0.1) is 0 Å². The summed E-state index contributed by atoms with van der Waals surface area (Å²) in [6.45, 7) is 27.1. The monoisotopic (exact) mass is 1250 g/mol. The molecule has 0 aromatic rings. The maximum absolute atomic E-state index is 14.8. The van der Waals surface area contributed by atoms with Crippen molar-refractivity contribution in [1.82, 2.24) is 31.9 Å². The fraction of sp³-hybridized carbons (Fsp3) is 0.818. The van der Waals surface area contributed by atoms with E-state index in [-0.39, 0.29) is 32.4 Å². The van der Waals surface area contributed by atoms with Crippen LogP contribution in [0.25, 0.3) is 10.4 Å². The molecule has 87 heavy (non-hydrogen) atoms. The van der Waals surface area contributed by atoms with Gasteiger partial charge in [0.2, 0.25) is 0 Å². The van der Waals surface area contributed by atoms with Crippen molar-refractivity contribution in [3.8, 4) is 0 Å². The Morgan fingerprint density at radius 1 is 0.529 bits per heavy atom. The van der Waals surface area contributed by atoms with Crippen LogP contribution in [0.15, 0.2) is 5.11 Å². The number of alkyl carbamates (subject to hydrolysis) is 5. The average molecular weight is 1250 g/mol. The van der Waals surface area contributed by atoms with Gasteiger partial charge in [-0.3, -0.25) is 24.0 Å². The molecule has 6 N–H and O–H groups in total. The molecule has 2 aliphatic heterocycles. The summed E-state index contributed by atoms with van der Waals surface area (Å²) >= 11 is 0. The Hall–Kier alpha value is -7.15. The van der Waals surface area contributed by atoms with Crippen LogP contribution in [0.2, 0.25) is 0 Å². The molecule has 6 unspecified atom stereocenters. The quantitative estimate of drug-likeness (QED) is 0.0306. The summed E-state index contributed by atoms with van der Waals surface area (Å²) in [7, 11) is 0. The lowest BCUT2D eigenvalue weighted by Crippen LogP contribution is -2.71. The molecule has 0 aromatic heterocycles. The van der Waals surface area contributed by atoms with Crippen molar-refractivity contribution in [2.24, 2.45) is 5.11 Å². The van der Waals surface area contributed by atoms with Gasteiger partial charge >= 0.3 is 54.3 Å². The molecule has 494 valence electrons. The van der Waals surface area contributed by atoms with Gasteiger partial charge in [0.25, 0.3) is 5.91 Å². The molecular weight excluding hydrogens is 1150 g/mol. The predicted molar refractivity (Wildman–Crippen MR) is 302 cm³/mol. The number of carbonyl (C=O) groups excluding carboxylic acids is 10. The molecule has 3 aliphatic rings. The lowest BCUT2D eigenvalue weighted by molar-refractivity contribution is -0.308. The van der Waals surface area contributed by atoms with E-state index in [0.29, 0.717) is 0 Å². The first kappa shape index (κ1) is 74.1. The van der Waals surface area contributed by atoms with Crippen molar-refractivity contribution in [2.75, 3.05) is 19.7 Å². The van der Waals surface area contributed by atoms with E-state index in [4.69, 9.17) is 61.6 Å². The summed E-state index contributed by atoms with van der Waals surface area (Å²) in [6.07, 6.45) is -20.2. The van der Waals surface area contributed by atoms with Gasteiger partial charge in [-0.05, 0) is 129 Å². The van der Waals surface area contributed by atoms with Crippen LogP contribution >= 0.6 is 0 Å². The van der Waals surface area contributed by atoms with Crippen LogP contribution in [0.1, 0.15) is 157 Å². The molecule has 0 radical (unpaired) electrons. The van der Waals surface area contributed by atoms with Gasteiger partial charge in [-0.2, -0.15) is 0 Å². The van der Waals surface area contributed by atoms with Crippen molar-refractivity contribution in [3.63, 3.8) is 0 Å². The van der Waals surface area contributed by atoms with Gasteiger partial charge in [-0.1, -0.05) is 5.11 Å². The molecule has 0 spiro atoms. The smallest absolute Gasteiger partial charge is 0.408 e.